The number of aromatic nitrogens is 2. The SMILES string of the molecule is CCc1ccc2c(c1)C[C@@H](C)[C@H](CC)N2C(C)=O.Cc1cnc(N)cn1. The molecule has 2 atom stereocenters. The number of benzene rings is 1. The van der Waals surface area contributed by atoms with Gasteiger partial charge in [-0.2, -0.15) is 0 Å². The molecule has 0 radical (unpaired) electrons. The first-order chi connectivity index (χ1) is 12.4. The van der Waals surface area contributed by atoms with Crippen LogP contribution in [0, 0.1) is 12.8 Å². The van der Waals surface area contributed by atoms with E-state index in [0.717, 1.165) is 30.6 Å². The second-order valence-electron chi connectivity index (χ2n) is 6.95. The Bertz CT molecular complexity index is 721. The summed E-state index contributed by atoms with van der Waals surface area (Å²) in [6, 6.07) is 6.90. The molecule has 0 bridgehead atoms. The zero-order valence-corrected chi connectivity index (χ0v) is 16.5. The van der Waals surface area contributed by atoms with E-state index < -0.39 is 0 Å². The highest BCUT2D eigenvalue weighted by atomic mass is 16.2. The molecule has 0 aliphatic carbocycles. The predicted molar refractivity (Wildman–Crippen MR) is 107 cm³/mol. The van der Waals surface area contributed by atoms with E-state index in [1.54, 1.807) is 13.1 Å². The maximum absolute atomic E-state index is 12.0. The van der Waals surface area contributed by atoms with Gasteiger partial charge in [0, 0.05) is 18.7 Å². The minimum Gasteiger partial charge on any atom is -0.382 e. The number of hydrogen-bond donors (Lipinski definition) is 1. The lowest BCUT2D eigenvalue weighted by atomic mass is 9.84. The zero-order valence-electron chi connectivity index (χ0n) is 16.5. The summed E-state index contributed by atoms with van der Waals surface area (Å²) in [6.45, 7) is 10.1. The van der Waals surface area contributed by atoms with Crippen molar-refractivity contribution in [3.63, 3.8) is 0 Å². The van der Waals surface area contributed by atoms with Crippen LogP contribution in [0.15, 0.2) is 30.6 Å². The van der Waals surface area contributed by atoms with Crippen molar-refractivity contribution in [1.29, 1.82) is 0 Å². The molecule has 5 nitrogen and oxygen atoms in total. The molecule has 1 aromatic carbocycles. The molecule has 0 spiro atoms. The van der Waals surface area contributed by atoms with Crippen LogP contribution in [-0.4, -0.2) is 21.9 Å². The minimum atomic E-state index is 0.166. The van der Waals surface area contributed by atoms with E-state index in [1.165, 1.54) is 17.3 Å². The van der Waals surface area contributed by atoms with E-state index in [4.69, 9.17) is 5.73 Å². The van der Waals surface area contributed by atoms with E-state index in [0.29, 0.717) is 17.8 Å². The van der Waals surface area contributed by atoms with Crippen LogP contribution in [0.25, 0.3) is 0 Å². The molecule has 0 saturated heterocycles. The highest BCUT2D eigenvalue weighted by molar-refractivity contribution is 5.93. The number of carbonyl (C=O) groups excluding carboxylic acids is 1. The Morgan fingerprint density at radius 3 is 2.50 bits per heavy atom. The Labute approximate surface area is 156 Å². The number of nitrogens with two attached hydrogens (primary N) is 1. The van der Waals surface area contributed by atoms with Crippen molar-refractivity contribution in [3.8, 4) is 0 Å². The van der Waals surface area contributed by atoms with Crippen LogP contribution in [0.2, 0.25) is 0 Å². The smallest absolute Gasteiger partial charge is 0.224 e. The summed E-state index contributed by atoms with van der Waals surface area (Å²) in [7, 11) is 0. The summed E-state index contributed by atoms with van der Waals surface area (Å²) in [5, 5.41) is 0. The van der Waals surface area contributed by atoms with Crippen LogP contribution in [0.5, 0.6) is 0 Å². The van der Waals surface area contributed by atoms with Crippen LogP contribution in [0.4, 0.5) is 11.5 Å². The summed E-state index contributed by atoms with van der Waals surface area (Å²) in [5.74, 6) is 1.17. The fourth-order valence-electron chi connectivity index (χ4n) is 3.56. The first-order valence-corrected chi connectivity index (χ1v) is 9.33. The number of nitrogen functional groups attached to an aromatic ring is 1. The van der Waals surface area contributed by atoms with Crippen molar-refractivity contribution in [2.45, 2.75) is 59.9 Å². The lowest BCUT2D eigenvalue weighted by molar-refractivity contribution is -0.117. The molecular formula is C21H30N4O. The normalized spacial score (nSPS) is 18.6. The van der Waals surface area contributed by atoms with Gasteiger partial charge in [0.15, 0.2) is 0 Å². The second-order valence-corrected chi connectivity index (χ2v) is 6.95. The summed E-state index contributed by atoms with van der Waals surface area (Å²) < 4.78 is 0. The van der Waals surface area contributed by atoms with Gasteiger partial charge in [-0.05, 0) is 49.3 Å². The number of rotatable bonds is 2. The second kappa shape index (κ2) is 8.79. The van der Waals surface area contributed by atoms with Gasteiger partial charge in [-0.25, -0.2) is 4.98 Å². The van der Waals surface area contributed by atoms with Gasteiger partial charge in [0.1, 0.15) is 5.82 Å². The van der Waals surface area contributed by atoms with Crippen LogP contribution < -0.4 is 10.6 Å². The molecule has 5 heteroatoms. The van der Waals surface area contributed by atoms with Crippen molar-refractivity contribution < 1.29 is 4.79 Å². The zero-order chi connectivity index (χ0) is 19.3. The number of amides is 1. The predicted octanol–water partition coefficient (Wildman–Crippen LogP) is 3.94. The van der Waals surface area contributed by atoms with Crippen LogP contribution >= 0.6 is 0 Å². The van der Waals surface area contributed by atoms with Gasteiger partial charge in [0.05, 0.1) is 18.1 Å². The molecule has 3 rings (SSSR count). The Morgan fingerprint density at radius 2 is 2.00 bits per heavy atom. The molecule has 1 aliphatic rings. The molecule has 2 N–H and O–H groups in total. The molecule has 2 aromatic rings. The first kappa shape index (κ1) is 19.9. The van der Waals surface area contributed by atoms with Crippen molar-refractivity contribution in [3.05, 3.63) is 47.4 Å². The Kier molecular flexibility index (Phi) is 6.72. The van der Waals surface area contributed by atoms with E-state index >= 15 is 0 Å². The molecule has 1 amide bonds. The van der Waals surface area contributed by atoms with Crippen molar-refractivity contribution in [2.75, 3.05) is 10.6 Å². The fraction of sp³-hybridized carbons (Fsp3) is 0.476. The fourth-order valence-corrected chi connectivity index (χ4v) is 3.56. The highest BCUT2D eigenvalue weighted by Crippen LogP contribution is 2.35. The number of nitrogens with zero attached hydrogens (tertiary/aromatic N) is 3. The molecule has 1 aliphatic heterocycles. The van der Waals surface area contributed by atoms with Gasteiger partial charge in [-0.1, -0.05) is 32.9 Å². The van der Waals surface area contributed by atoms with Crippen LogP contribution in [0.1, 0.15) is 50.9 Å². The number of carbonyl (C=O) groups is 1. The van der Waals surface area contributed by atoms with Gasteiger partial charge >= 0.3 is 0 Å². The van der Waals surface area contributed by atoms with E-state index in [1.807, 2.05) is 11.8 Å². The molecule has 2 heterocycles. The summed E-state index contributed by atoms with van der Waals surface area (Å²) in [6.07, 6.45) is 6.34. The molecule has 140 valence electrons. The van der Waals surface area contributed by atoms with Crippen LogP contribution in [0.3, 0.4) is 0 Å². The monoisotopic (exact) mass is 354 g/mol. The number of aryl methyl sites for hydroxylation is 2. The van der Waals surface area contributed by atoms with Crippen molar-refractivity contribution >= 4 is 17.4 Å². The first-order valence-electron chi connectivity index (χ1n) is 9.33. The molecule has 0 saturated carbocycles. The lowest BCUT2D eigenvalue weighted by Gasteiger charge is -2.40. The third kappa shape index (κ3) is 4.59. The molecule has 0 fully saturated rings. The maximum Gasteiger partial charge on any atom is 0.224 e. The maximum atomic E-state index is 12.0. The Balaban J connectivity index is 0.000000254. The van der Waals surface area contributed by atoms with E-state index in [2.05, 4.69) is 48.9 Å². The van der Waals surface area contributed by atoms with Gasteiger partial charge in [0.25, 0.3) is 0 Å². The average molecular weight is 354 g/mol. The number of hydrogen-bond acceptors (Lipinski definition) is 4. The van der Waals surface area contributed by atoms with Gasteiger partial charge < -0.3 is 10.6 Å². The summed E-state index contributed by atoms with van der Waals surface area (Å²) in [4.78, 5) is 21.6. The lowest BCUT2D eigenvalue weighted by Crippen LogP contribution is -2.46. The third-order valence-electron chi connectivity index (χ3n) is 4.90. The van der Waals surface area contributed by atoms with E-state index in [9.17, 15) is 4.79 Å². The molecule has 1 aromatic heterocycles. The van der Waals surface area contributed by atoms with Crippen LogP contribution in [-0.2, 0) is 17.6 Å². The summed E-state index contributed by atoms with van der Waals surface area (Å²) >= 11 is 0. The third-order valence-corrected chi connectivity index (χ3v) is 4.90. The number of fused-ring (bicyclic) bond motifs is 1. The molecule has 26 heavy (non-hydrogen) atoms. The average Bonchev–Trinajstić information content (AvgIpc) is 2.62. The quantitative estimate of drug-likeness (QED) is 0.886. The summed E-state index contributed by atoms with van der Waals surface area (Å²) in [5.41, 5.74) is 9.97. The standard InChI is InChI=1S/C16H23NO.C5H7N3/c1-5-13-7-8-16-14(10-13)9-11(3)15(6-2)17(16)12(4)18;1-4-2-8-5(6)3-7-4/h7-8,10-11,15H,5-6,9H2,1-4H3;2-3H,1H3,(H2,6,8)/t11-,15+;/m1./s1. The minimum absolute atomic E-state index is 0.166. The molecule has 0 unspecified atom stereocenters. The van der Waals surface area contributed by atoms with Gasteiger partial charge in [-0.3, -0.25) is 9.78 Å². The van der Waals surface area contributed by atoms with E-state index in [-0.39, 0.29) is 5.91 Å². The van der Waals surface area contributed by atoms with Gasteiger partial charge in [-0.15, -0.1) is 0 Å². The number of anilines is 2. The highest BCUT2D eigenvalue weighted by Gasteiger charge is 2.32. The largest absolute Gasteiger partial charge is 0.382 e. The Morgan fingerprint density at radius 1 is 1.27 bits per heavy atom. The van der Waals surface area contributed by atoms with Gasteiger partial charge in [0.2, 0.25) is 5.91 Å². The van der Waals surface area contributed by atoms with Crippen molar-refractivity contribution in [2.24, 2.45) is 5.92 Å². The topological polar surface area (TPSA) is 72.1 Å². The Hall–Kier alpha value is -2.43. The van der Waals surface area contributed by atoms with Crippen molar-refractivity contribution in [1.82, 2.24) is 9.97 Å². The molecular weight excluding hydrogens is 324 g/mol.